The standard InChI is InChI=1S/C60H39N7/c1-4-14-40(15-5-1)48-36-54(63-55(37-48)53-35-33-49(39-62-53)67-56-22-12-10-20-50(56)51-21-11-13-23-57(51)67)52-34-32-47(38-61-52)43-26-24-41(25-27-43)42-28-30-46(31-29-42)60-65-58(44-16-6-2-7-17-44)64-59(66-60)45-18-8-3-9-19-45/h1-39H. The quantitative estimate of drug-likeness (QED) is 0.144. The fourth-order valence-corrected chi connectivity index (χ4v) is 8.78. The Balaban J connectivity index is 0.812. The molecule has 67 heavy (non-hydrogen) atoms. The lowest BCUT2D eigenvalue weighted by Crippen LogP contribution is -2.00. The van der Waals surface area contributed by atoms with Crippen LogP contribution in [0.2, 0.25) is 0 Å². The van der Waals surface area contributed by atoms with E-state index in [4.69, 9.17) is 29.9 Å². The molecule has 7 nitrogen and oxygen atoms in total. The van der Waals surface area contributed by atoms with E-state index in [0.29, 0.717) is 17.5 Å². The lowest BCUT2D eigenvalue weighted by Gasteiger charge is -2.11. The van der Waals surface area contributed by atoms with Gasteiger partial charge in [-0.3, -0.25) is 9.97 Å². The van der Waals surface area contributed by atoms with Crippen LogP contribution in [0.25, 0.3) is 118 Å². The van der Waals surface area contributed by atoms with Gasteiger partial charge in [-0.25, -0.2) is 19.9 Å². The zero-order chi connectivity index (χ0) is 44.5. The van der Waals surface area contributed by atoms with Crippen LogP contribution in [-0.2, 0) is 0 Å². The Morgan fingerprint density at radius 2 is 0.627 bits per heavy atom. The van der Waals surface area contributed by atoms with Crippen LogP contribution < -0.4 is 0 Å². The summed E-state index contributed by atoms with van der Waals surface area (Å²) in [5.41, 5.74) is 15.7. The fourth-order valence-electron chi connectivity index (χ4n) is 8.78. The summed E-state index contributed by atoms with van der Waals surface area (Å²) >= 11 is 0. The summed E-state index contributed by atoms with van der Waals surface area (Å²) in [6, 6.07) is 77.1. The van der Waals surface area contributed by atoms with Crippen molar-refractivity contribution in [3.05, 3.63) is 237 Å². The molecule has 0 amide bonds. The van der Waals surface area contributed by atoms with E-state index in [1.165, 1.54) is 10.8 Å². The van der Waals surface area contributed by atoms with Gasteiger partial charge >= 0.3 is 0 Å². The summed E-state index contributed by atoms with van der Waals surface area (Å²) in [4.78, 5) is 29.8. The van der Waals surface area contributed by atoms with Gasteiger partial charge in [-0.05, 0) is 70.3 Å². The highest BCUT2D eigenvalue weighted by atomic mass is 15.0. The Labute approximate surface area is 387 Å². The Bertz CT molecular complexity index is 3570. The summed E-state index contributed by atoms with van der Waals surface area (Å²) in [5, 5.41) is 2.44. The van der Waals surface area contributed by atoms with Crippen LogP contribution >= 0.6 is 0 Å². The number of hydrogen-bond acceptors (Lipinski definition) is 6. The van der Waals surface area contributed by atoms with Gasteiger partial charge < -0.3 is 4.57 Å². The van der Waals surface area contributed by atoms with Gasteiger partial charge in [0.25, 0.3) is 0 Å². The summed E-state index contributed by atoms with van der Waals surface area (Å²) in [6.07, 6.45) is 3.87. The average Bonchev–Trinajstić information content (AvgIpc) is 3.76. The number of benzene rings is 7. The van der Waals surface area contributed by atoms with Crippen molar-refractivity contribution in [2.45, 2.75) is 0 Å². The minimum atomic E-state index is 0.630. The number of rotatable bonds is 9. The van der Waals surface area contributed by atoms with E-state index >= 15 is 0 Å². The molecule has 0 saturated heterocycles. The van der Waals surface area contributed by atoms with Gasteiger partial charge in [0.1, 0.15) is 0 Å². The first kappa shape index (κ1) is 39.4. The Hall–Kier alpha value is -9.20. The Kier molecular flexibility index (Phi) is 10.0. The molecule has 0 N–H and O–H groups in total. The van der Waals surface area contributed by atoms with Gasteiger partial charge in [-0.1, -0.05) is 182 Å². The SMILES string of the molecule is c1ccc(-c2cc(-c3ccc(-c4ccc(-c5ccc(-c6nc(-c7ccccc7)nc(-c7ccccc7)n6)cc5)cc4)cn3)nc(-c3ccc(-n4c5ccccc5c5ccccc54)cn3)c2)cc1. The third-order valence-electron chi connectivity index (χ3n) is 12.2. The highest BCUT2D eigenvalue weighted by Gasteiger charge is 2.16. The van der Waals surface area contributed by atoms with Crippen LogP contribution in [0.4, 0.5) is 0 Å². The minimum Gasteiger partial charge on any atom is -0.308 e. The molecule has 0 spiro atoms. The number of hydrogen-bond donors (Lipinski definition) is 0. The lowest BCUT2D eigenvalue weighted by molar-refractivity contribution is 1.07. The molecule has 314 valence electrons. The first-order valence-electron chi connectivity index (χ1n) is 22.3. The third kappa shape index (κ3) is 7.70. The second-order valence-electron chi connectivity index (χ2n) is 16.4. The molecule has 12 rings (SSSR count). The van der Waals surface area contributed by atoms with Crippen molar-refractivity contribution in [2.75, 3.05) is 0 Å². The molecule has 12 aromatic rings. The number of nitrogens with zero attached hydrogens (tertiary/aromatic N) is 7. The van der Waals surface area contributed by atoms with E-state index in [-0.39, 0.29) is 0 Å². The first-order valence-corrected chi connectivity index (χ1v) is 22.3. The second kappa shape index (κ2) is 17.1. The fraction of sp³-hybridized carbons (Fsp3) is 0. The number of fused-ring (bicyclic) bond motifs is 3. The van der Waals surface area contributed by atoms with E-state index in [1.54, 1.807) is 0 Å². The number of aromatic nitrogens is 7. The summed E-state index contributed by atoms with van der Waals surface area (Å²) < 4.78 is 2.28. The van der Waals surface area contributed by atoms with Crippen molar-refractivity contribution in [2.24, 2.45) is 0 Å². The highest BCUT2D eigenvalue weighted by molar-refractivity contribution is 6.09. The van der Waals surface area contributed by atoms with Gasteiger partial charge in [0.05, 0.1) is 45.7 Å². The zero-order valence-electron chi connectivity index (χ0n) is 36.1. The van der Waals surface area contributed by atoms with Gasteiger partial charge in [-0.15, -0.1) is 0 Å². The Morgan fingerprint density at radius 1 is 0.254 bits per heavy atom. The van der Waals surface area contributed by atoms with E-state index in [9.17, 15) is 0 Å². The van der Waals surface area contributed by atoms with Crippen molar-refractivity contribution in [1.82, 2.24) is 34.5 Å². The molecule has 0 fully saturated rings. The molecule has 0 unspecified atom stereocenters. The normalized spacial score (nSPS) is 11.3. The maximum atomic E-state index is 5.16. The van der Waals surface area contributed by atoms with Crippen LogP contribution in [0.15, 0.2) is 237 Å². The van der Waals surface area contributed by atoms with Crippen molar-refractivity contribution >= 4 is 21.8 Å². The molecular weight excluding hydrogens is 819 g/mol. The molecule has 5 aromatic heterocycles. The molecule has 0 atom stereocenters. The van der Waals surface area contributed by atoms with Crippen LogP contribution in [-0.4, -0.2) is 34.5 Å². The maximum Gasteiger partial charge on any atom is 0.164 e. The molecule has 0 aliphatic heterocycles. The second-order valence-corrected chi connectivity index (χ2v) is 16.4. The topological polar surface area (TPSA) is 82.3 Å². The number of para-hydroxylation sites is 2. The molecule has 5 heterocycles. The first-order chi connectivity index (χ1) is 33.2. The molecule has 0 aliphatic carbocycles. The smallest absolute Gasteiger partial charge is 0.164 e. The predicted octanol–water partition coefficient (Wildman–Crippen LogP) is 14.5. The molecular formula is C60H39N7. The van der Waals surface area contributed by atoms with E-state index in [1.807, 2.05) is 79.1 Å². The van der Waals surface area contributed by atoms with Crippen LogP contribution in [0.5, 0.6) is 0 Å². The summed E-state index contributed by atoms with van der Waals surface area (Å²) in [7, 11) is 0. The molecule has 7 aromatic carbocycles. The van der Waals surface area contributed by atoms with Crippen LogP contribution in [0.1, 0.15) is 0 Å². The third-order valence-corrected chi connectivity index (χ3v) is 12.2. The molecule has 0 aliphatic rings. The largest absolute Gasteiger partial charge is 0.308 e. The zero-order valence-corrected chi connectivity index (χ0v) is 36.1. The molecule has 7 heteroatoms. The van der Waals surface area contributed by atoms with Crippen LogP contribution in [0, 0.1) is 0 Å². The minimum absolute atomic E-state index is 0.630. The summed E-state index contributed by atoms with van der Waals surface area (Å²) in [5.74, 6) is 1.91. The summed E-state index contributed by atoms with van der Waals surface area (Å²) in [6.45, 7) is 0. The number of pyridine rings is 3. The van der Waals surface area contributed by atoms with E-state index in [2.05, 4.69) is 162 Å². The van der Waals surface area contributed by atoms with E-state index < -0.39 is 0 Å². The Morgan fingerprint density at radius 3 is 1.09 bits per heavy atom. The van der Waals surface area contributed by atoms with Gasteiger partial charge in [0.15, 0.2) is 17.5 Å². The van der Waals surface area contributed by atoms with Crippen molar-refractivity contribution in [1.29, 1.82) is 0 Å². The monoisotopic (exact) mass is 857 g/mol. The molecule has 0 radical (unpaired) electrons. The lowest BCUT2D eigenvalue weighted by atomic mass is 9.99. The average molecular weight is 858 g/mol. The van der Waals surface area contributed by atoms with Gasteiger partial charge in [-0.2, -0.15) is 0 Å². The van der Waals surface area contributed by atoms with Gasteiger partial charge in [0.2, 0.25) is 0 Å². The highest BCUT2D eigenvalue weighted by Crippen LogP contribution is 2.35. The maximum absolute atomic E-state index is 5.16. The van der Waals surface area contributed by atoms with Gasteiger partial charge in [0, 0.05) is 39.2 Å². The van der Waals surface area contributed by atoms with Crippen molar-refractivity contribution in [3.63, 3.8) is 0 Å². The van der Waals surface area contributed by atoms with Crippen molar-refractivity contribution in [3.8, 4) is 96.0 Å². The molecule has 0 saturated carbocycles. The van der Waals surface area contributed by atoms with E-state index in [0.717, 1.165) is 89.6 Å². The van der Waals surface area contributed by atoms with Crippen LogP contribution in [0.3, 0.4) is 0 Å². The predicted molar refractivity (Wildman–Crippen MR) is 271 cm³/mol. The van der Waals surface area contributed by atoms with Crippen molar-refractivity contribution < 1.29 is 0 Å². The molecule has 0 bridgehead atoms.